The van der Waals surface area contributed by atoms with E-state index in [-0.39, 0.29) is 27.8 Å². The quantitative estimate of drug-likeness (QED) is 0.282. The lowest BCUT2D eigenvalue weighted by Gasteiger charge is -2.12. The zero-order valence-corrected chi connectivity index (χ0v) is 18.7. The van der Waals surface area contributed by atoms with Gasteiger partial charge in [-0.15, -0.1) is 0 Å². The SMILES string of the molecule is CC(=O)c1cccc(NC(=O)c2ccc(C(CC(=N)C(F)(F)F)=Nc3ccccc3Cl)cc2)c1. The summed E-state index contributed by atoms with van der Waals surface area (Å²) < 4.78 is 39.1. The van der Waals surface area contributed by atoms with Crippen LogP contribution in [0.15, 0.2) is 77.8 Å². The molecule has 1 amide bonds. The van der Waals surface area contributed by atoms with Crippen molar-refractivity contribution in [1.29, 1.82) is 5.41 Å². The highest BCUT2D eigenvalue weighted by atomic mass is 35.5. The molecule has 0 unspecified atom stereocenters. The van der Waals surface area contributed by atoms with Crippen LogP contribution in [0.3, 0.4) is 0 Å². The lowest BCUT2D eigenvalue weighted by atomic mass is 10.0. The highest BCUT2D eigenvalue weighted by molar-refractivity contribution is 6.33. The van der Waals surface area contributed by atoms with Crippen LogP contribution in [0.5, 0.6) is 0 Å². The van der Waals surface area contributed by atoms with Gasteiger partial charge in [0.15, 0.2) is 5.78 Å². The molecule has 0 aromatic heterocycles. The van der Waals surface area contributed by atoms with Gasteiger partial charge in [-0.2, -0.15) is 13.2 Å². The molecule has 0 fully saturated rings. The van der Waals surface area contributed by atoms with E-state index in [9.17, 15) is 22.8 Å². The molecule has 0 spiro atoms. The van der Waals surface area contributed by atoms with E-state index < -0.39 is 24.2 Å². The number of ketones is 1. The van der Waals surface area contributed by atoms with Crippen molar-refractivity contribution >= 4 is 46.1 Å². The molecule has 0 bridgehead atoms. The Morgan fingerprint density at radius 3 is 2.21 bits per heavy atom. The Balaban J connectivity index is 1.88. The Hall–Kier alpha value is -3.78. The largest absolute Gasteiger partial charge is 0.429 e. The number of Topliss-reactive ketones (excluding diaryl/α,β-unsaturated/α-hetero) is 1. The minimum atomic E-state index is -4.80. The minimum Gasteiger partial charge on any atom is -0.322 e. The number of hydrogen-bond acceptors (Lipinski definition) is 4. The van der Waals surface area contributed by atoms with Crippen LogP contribution in [0.4, 0.5) is 24.5 Å². The van der Waals surface area contributed by atoms with Crippen LogP contribution in [-0.2, 0) is 0 Å². The number of para-hydroxylation sites is 1. The van der Waals surface area contributed by atoms with E-state index in [0.29, 0.717) is 16.8 Å². The van der Waals surface area contributed by atoms with Gasteiger partial charge in [-0.3, -0.25) is 14.6 Å². The summed E-state index contributed by atoms with van der Waals surface area (Å²) in [7, 11) is 0. The van der Waals surface area contributed by atoms with E-state index in [1.165, 1.54) is 31.2 Å². The van der Waals surface area contributed by atoms with Crippen LogP contribution < -0.4 is 5.32 Å². The molecule has 0 aliphatic heterocycles. The van der Waals surface area contributed by atoms with Gasteiger partial charge in [-0.1, -0.05) is 48.0 Å². The molecular weight excluding hydrogens is 467 g/mol. The number of aliphatic imine (C=N–C) groups is 1. The van der Waals surface area contributed by atoms with E-state index in [1.54, 1.807) is 48.5 Å². The zero-order valence-electron chi connectivity index (χ0n) is 17.9. The molecule has 0 atom stereocenters. The van der Waals surface area contributed by atoms with E-state index in [4.69, 9.17) is 17.0 Å². The van der Waals surface area contributed by atoms with Gasteiger partial charge in [-0.25, -0.2) is 0 Å². The van der Waals surface area contributed by atoms with Crippen molar-refractivity contribution in [2.45, 2.75) is 19.5 Å². The summed E-state index contributed by atoms with van der Waals surface area (Å²) in [5, 5.41) is 10.3. The summed E-state index contributed by atoms with van der Waals surface area (Å²) in [6.07, 6.45) is -5.56. The van der Waals surface area contributed by atoms with E-state index in [2.05, 4.69) is 10.3 Å². The van der Waals surface area contributed by atoms with Gasteiger partial charge in [0.05, 0.1) is 16.4 Å². The summed E-state index contributed by atoms with van der Waals surface area (Å²) in [5.41, 5.74) is 0.231. The topological polar surface area (TPSA) is 82.4 Å². The molecule has 0 heterocycles. The summed E-state index contributed by atoms with van der Waals surface area (Å²) in [5.74, 6) is -0.602. The van der Waals surface area contributed by atoms with Crippen molar-refractivity contribution in [3.05, 3.63) is 94.5 Å². The Labute approximate surface area is 198 Å². The number of rotatable bonds is 7. The number of halogens is 4. The van der Waals surface area contributed by atoms with Crippen LogP contribution in [0.2, 0.25) is 5.02 Å². The molecule has 3 aromatic rings. The van der Waals surface area contributed by atoms with Crippen LogP contribution in [-0.4, -0.2) is 29.3 Å². The lowest BCUT2D eigenvalue weighted by molar-refractivity contribution is -0.0605. The first-order valence-electron chi connectivity index (χ1n) is 10.0. The molecule has 0 aliphatic carbocycles. The fraction of sp³-hybridized carbons (Fsp3) is 0.120. The van der Waals surface area contributed by atoms with Gasteiger partial charge in [0.2, 0.25) is 0 Å². The maximum Gasteiger partial charge on any atom is 0.429 e. The molecule has 3 aromatic carbocycles. The van der Waals surface area contributed by atoms with Gasteiger partial charge >= 0.3 is 6.18 Å². The number of hydrogen-bond donors (Lipinski definition) is 2. The fourth-order valence-corrected chi connectivity index (χ4v) is 3.17. The van der Waals surface area contributed by atoms with E-state index in [0.717, 1.165) is 0 Å². The Kier molecular flexibility index (Phi) is 7.63. The van der Waals surface area contributed by atoms with Crippen molar-refractivity contribution in [1.82, 2.24) is 0 Å². The van der Waals surface area contributed by atoms with Gasteiger partial charge in [-0.05, 0) is 48.9 Å². The van der Waals surface area contributed by atoms with E-state index in [1.807, 2.05) is 0 Å². The highest BCUT2D eigenvalue weighted by Gasteiger charge is 2.35. The number of benzene rings is 3. The highest BCUT2D eigenvalue weighted by Crippen LogP contribution is 2.27. The average molecular weight is 486 g/mol. The zero-order chi connectivity index (χ0) is 24.9. The monoisotopic (exact) mass is 485 g/mol. The van der Waals surface area contributed by atoms with Gasteiger partial charge in [0, 0.05) is 23.2 Å². The van der Waals surface area contributed by atoms with Gasteiger partial charge < -0.3 is 10.7 Å². The van der Waals surface area contributed by atoms with Crippen molar-refractivity contribution in [3.63, 3.8) is 0 Å². The Morgan fingerprint density at radius 1 is 0.941 bits per heavy atom. The van der Waals surface area contributed by atoms with E-state index >= 15 is 0 Å². The van der Waals surface area contributed by atoms with Crippen molar-refractivity contribution in [2.75, 3.05) is 5.32 Å². The third-order valence-electron chi connectivity index (χ3n) is 4.80. The molecular formula is C25H19ClF3N3O2. The predicted octanol–water partition coefficient (Wildman–Crippen LogP) is 6.89. The molecule has 0 saturated heterocycles. The molecule has 0 aliphatic rings. The second-order valence-electron chi connectivity index (χ2n) is 7.33. The maximum absolute atomic E-state index is 13.0. The molecule has 2 N–H and O–H groups in total. The van der Waals surface area contributed by atoms with Crippen molar-refractivity contribution in [3.8, 4) is 0 Å². The summed E-state index contributed by atoms with van der Waals surface area (Å²) in [6, 6.07) is 18.7. The predicted molar refractivity (Wildman–Crippen MR) is 127 cm³/mol. The Morgan fingerprint density at radius 2 is 1.59 bits per heavy atom. The molecule has 34 heavy (non-hydrogen) atoms. The fourth-order valence-electron chi connectivity index (χ4n) is 2.99. The van der Waals surface area contributed by atoms with Gasteiger partial charge in [0.25, 0.3) is 5.91 Å². The first-order valence-corrected chi connectivity index (χ1v) is 10.4. The molecule has 0 saturated carbocycles. The van der Waals surface area contributed by atoms with Crippen LogP contribution in [0.25, 0.3) is 0 Å². The Bertz CT molecular complexity index is 1270. The second-order valence-corrected chi connectivity index (χ2v) is 7.74. The third-order valence-corrected chi connectivity index (χ3v) is 5.12. The van der Waals surface area contributed by atoms with Crippen molar-refractivity contribution < 1.29 is 22.8 Å². The normalized spacial score (nSPS) is 11.7. The summed E-state index contributed by atoms with van der Waals surface area (Å²) in [6.45, 7) is 1.42. The maximum atomic E-state index is 13.0. The third kappa shape index (κ3) is 6.39. The first-order chi connectivity index (χ1) is 16.0. The standard InChI is InChI=1S/C25H19ClF3N3O2/c1-15(33)18-5-4-6-19(13-18)31-24(34)17-11-9-16(10-12-17)22(14-23(30)25(27,28)29)32-21-8-3-2-7-20(21)26/h2-13,30H,14H2,1H3,(H,31,34). The molecule has 9 heteroatoms. The first kappa shape index (κ1) is 24.9. The molecule has 174 valence electrons. The number of nitrogens with zero attached hydrogens (tertiary/aromatic N) is 1. The van der Waals surface area contributed by atoms with Crippen molar-refractivity contribution in [2.24, 2.45) is 4.99 Å². The molecule has 3 rings (SSSR count). The average Bonchev–Trinajstić information content (AvgIpc) is 2.79. The number of amides is 1. The molecule has 0 radical (unpaired) electrons. The van der Waals surface area contributed by atoms with Crippen LogP contribution in [0.1, 0.15) is 39.6 Å². The summed E-state index contributed by atoms with van der Waals surface area (Å²) in [4.78, 5) is 28.4. The van der Waals surface area contributed by atoms with Crippen LogP contribution >= 0.6 is 11.6 Å². The number of alkyl halides is 3. The lowest BCUT2D eigenvalue weighted by Crippen LogP contribution is -2.25. The summed E-state index contributed by atoms with van der Waals surface area (Å²) >= 11 is 6.10. The smallest absolute Gasteiger partial charge is 0.322 e. The van der Waals surface area contributed by atoms with Crippen LogP contribution in [0, 0.1) is 5.41 Å². The number of nitrogens with one attached hydrogen (secondary N) is 2. The minimum absolute atomic E-state index is 0.0171. The second kappa shape index (κ2) is 10.4. The molecule has 5 nitrogen and oxygen atoms in total. The van der Waals surface area contributed by atoms with Gasteiger partial charge in [0.1, 0.15) is 5.71 Å². The number of carbonyl (C=O) groups excluding carboxylic acids is 2. The number of anilines is 1. The number of carbonyl (C=O) groups is 2.